The summed E-state index contributed by atoms with van der Waals surface area (Å²) in [6, 6.07) is 14.6. The van der Waals surface area contributed by atoms with E-state index in [2.05, 4.69) is 17.4 Å². The first kappa shape index (κ1) is 16.8. The van der Waals surface area contributed by atoms with E-state index >= 15 is 0 Å². The Morgan fingerprint density at radius 1 is 1.25 bits per heavy atom. The van der Waals surface area contributed by atoms with Crippen LogP contribution in [0.5, 0.6) is 5.75 Å². The molecule has 0 radical (unpaired) electrons. The lowest BCUT2D eigenvalue weighted by molar-refractivity contribution is -0.0272. The second kappa shape index (κ2) is 7.69. The highest BCUT2D eigenvalue weighted by molar-refractivity contribution is 6.32. The van der Waals surface area contributed by atoms with Crippen LogP contribution in [0, 0.1) is 5.92 Å². The number of ether oxygens (including phenoxy) is 1. The van der Waals surface area contributed by atoms with Gasteiger partial charge < -0.3 is 15.2 Å². The van der Waals surface area contributed by atoms with Crippen LogP contribution in [0.2, 0.25) is 5.02 Å². The number of carbonyl (C=O) groups is 1. The molecule has 1 amide bonds. The molecule has 1 saturated heterocycles. The molecule has 126 valence electrons. The fraction of sp³-hybridized carbons (Fsp3) is 0.316. The summed E-state index contributed by atoms with van der Waals surface area (Å²) in [7, 11) is 0. The van der Waals surface area contributed by atoms with E-state index in [1.807, 2.05) is 18.2 Å². The SMILES string of the molecule is O=C(NC[C@@H]1CCCO[C@@H]1c1ccccc1)c1ccc(O)c(Cl)c1. The van der Waals surface area contributed by atoms with Crippen LogP contribution in [0.3, 0.4) is 0 Å². The topological polar surface area (TPSA) is 58.6 Å². The van der Waals surface area contributed by atoms with Gasteiger partial charge in [-0.05, 0) is 36.6 Å². The van der Waals surface area contributed by atoms with Crippen LogP contribution in [0.4, 0.5) is 0 Å². The normalized spacial score (nSPS) is 20.5. The molecule has 2 N–H and O–H groups in total. The molecule has 5 heteroatoms. The summed E-state index contributed by atoms with van der Waals surface area (Å²) < 4.78 is 5.94. The molecule has 24 heavy (non-hydrogen) atoms. The van der Waals surface area contributed by atoms with Crippen LogP contribution in [0.25, 0.3) is 0 Å². The van der Waals surface area contributed by atoms with Gasteiger partial charge in [0.15, 0.2) is 0 Å². The van der Waals surface area contributed by atoms with E-state index in [4.69, 9.17) is 16.3 Å². The molecule has 0 aromatic heterocycles. The van der Waals surface area contributed by atoms with E-state index in [0.717, 1.165) is 25.0 Å². The minimum Gasteiger partial charge on any atom is -0.506 e. The van der Waals surface area contributed by atoms with Gasteiger partial charge in [0.25, 0.3) is 5.91 Å². The highest BCUT2D eigenvalue weighted by Gasteiger charge is 2.27. The maximum absolute atomic E-state index is 12.3. The Morgan fingerprint density at radius 2 is 2.04 bits per heavy atom. The molecule has 0 spiro atoms. The smallest absolute Gasteiger partial charge is 0.251 e. The number of aromatic hydroxyl groups is 1. The number of benzene rings is 2. The third kappa shape index (κ3) is 3.89. The molecule has 2 atom stereocenters. The van der Waals surface area contributed by atoms with Crippen LogP contribution in [-0.4, -0.2) is 24.2 Å². The lowest BCUT2D eigenvalue weighted by atomic mass is 9.89. The van der Waals surface area contributed by atoms with Gasteiger partial charge in [0, 0.05) is 24.6 Å². The fourth-order valence-corrected chi connectivity index (χ4v) is 3.22. The summed E-state index contributed by atoms with van der Waals surface area (Å²) in [6.07, 6.45) is 2.01. The molecule has 0 bridgehead atoms. The Kier molecular flexibility index (Phi) is 5.38. The highest BCUT2D eigenvalue weighted by atomic mass is 35.5. The zero-order chi connectivity index (χ0) is 16.9. The summed E-state index contributed by atoms with van der Waals surface area (Å²) in [5, 5.41) is 12.6. The predicted molar refractivity (Wildman–Crippen MR) is 93.3 cm³/mol. The van der Waals surface area contributed by atoms with Gasteiger partial charge in [-0.25, -0.2) is 0 Å². The van der Waals surface area contributed by atoms with Gasteiger partial charge in [0.2, 0.25) is 0 Å². The predicted octanol–water partition coefficient (Wildman–Crippen LogP) is 3.94. The Bertz CT molecular complexity index is 705. The largest absolute Gasteiger partial charge is 0.506 e. The van der Waals surface area contributed by atoms with E-state index < -0.39 is 0 Å². The number of phenols is 1. The molecule has 1 aliphatic rings. The van der Waals surface area contributed by atoms with Gasteiger partial charge in [0.05, 0.1) is 11.1 Å². The number of rotatable bonds is 4. The van der Waals surface area contributed by atoms with Crippen molar-refractivity contribution in [2.45, 2.75) is 18.9 Å². The first-order valence-corrected chi connectivity index (χ1v) is 8.46. The molecule has 1 fully saturated rings. The average molecular weight is 346 g/mol. The molecule has 2 aromatic carbocycles. The van der Waals surface area contributed by atoms with Gasteiger partial charge >= 0.3 is 0 Å². The van der Waals surface area contributed by atoms with Gasteiger partial charge in [-0.15, -0.1) is 0 Å². The first-order valence-electron chi connectivity index (χ1n) is 8.08. The number of phenolic OH excluding ortho intramolecular Hbond substituents is 1. The van der Waals surface area contributed by atoms with Crippen molar-refractivity contribution in [1.29, 1.82) is 0 Å². The molecular weight excluding hydrogens is 326 g/mol. The van der Waals surface area contributed by atoms with Crippen LogP contribution < -0.4 is 5.32 Å². The molecule has 2 aromatic rings. The van der Waals surface area contributed by atoms with Gasteiger partial charge in [-0.3, -0.25) is 4.79 Å². The van der Waals surface area contributed by atoms with Gasteiger partial charge in [-0.2, -0.15) is 0 Å². The van der Waals surface area contributed by atoms with Gasteiger partial charge in [0.1, 0.15) is 5.75 Å². The molecule has 1 heterocycles. The Labute approximate surface area is 146 Å². The Morgan fingerprint density at radius 3 is 2.79 bits per heavy atom. The van der Waals surface area contributed by atoms with Crippen molar-refractivity contribution in [2.75, 3.05) is 13.2 Å². The van der Waals surface area contributed by atoms with Crippen LogP contribution in [-0.2, 0) is 4.74 Å². The maximum Gasteiger partial charge on any atom is 0.251 e. The van der Waals surface area contributed by atoms with E-state index in [1.54, 1.807) is 6.07 Å². The van der Waals surface area contributed by atoms with Crippen LogP contribution in [0.15, 0.2) is 48.5 Å². The number of hydrogen-bond acceptors (Lipinski definition) is 3. The zero-order valence-electron chi connectivity index (χ0n) is 13.2. The number of amides is 1. The van der Waals surface area contributed by atoms with Crippen LogP contribution >= 0.6 is 11.6 Å². The second-order valence-electron chi connectivity index (χ2n) is 5.98. The summed E-state index contributed by atoms with van der Waals surface area (Å²) >= 11 is 5.86. The third-order valence-electron chi connectivity index (χ3n) is 4.31. The van der Waals surface area contributed by atoms with E-state index in [-0.39, 0.29) is 28.7 Å². The molecule has 4 nitrogen and oxygen atoms in total. The monoisotopic (exact) mass is 345 g/mol. The van der Waals surface area contributed by atoms with E-state index in [9.17, 15) is 9.90 Å². The van der Waals surface area contributed by atoms with Crippen molar-refractivity contribution in [3.05, 3.63) is 64.7 Å². The Balaban J connectivity index is 1.65. The molecule has 0 unspecified atom stereocenters. The highest BCUT2D eigenvalue weighted by Crippen LogP contribution is 2.33. The summed E-state index contributed by atoms with van der Waals surface area (Å²) in [4.78, 5) is 12.3. The summed E-state index contributed by atoms with van der Waals surface area (Å²) in [6.45, 7) is 1.29. The Hall–Kier alpha value is -2.04. The zero-order valence-corrected chi connectivity index (χ0v) is 14.0. The first-order chi connectivity index (χ1) is 11.6. The number of nitrogens with one attached hydrogen (secondary N) is 1. The molecular formula is C19H20ClNO3. The van der Waals surface area contributed by atoms with Crippen molar-refractivity contribution in [1.82, 2.24) is 5.32 Å². The number of hydrogen-bond donors (Lipinski definition) is 2. The summed E-state index contributed by atoms with van der Waals surface area (Å²) in [5.41, 5.74) is 1.58. The van der Waals surface area contributed by atoms with Crippen molar-refractivity contribution >= 4 is 17.5 Å². The minimum atomic E-state index is -0.200. The second-order valence-corrected chi connectivity index (χ2v) is 6.39. The minimum absolute atomic E-state index is 0.00338. The number of halogens is 1. The van der Waals surface area contributed by atoms with E-state index in [0.29, 0.717) is 12.1 Å². The van der Waals surface area contributed by atoms with Gasteiger partial charge in [-0.1, -0.05) is 41.9 Å². The van der Waals surface area contributed by atoms with Crippen molar-refractivity contribution < 1.29 is 14.6 Å². The molecule has 3 rings (SSSR count). The lowest BCUT2D eigenvalue weighted by Crippen LogP contribution is -2.35. The summed E-state index contributed by atoms with van der Waals surface area (Å²) in [5.74, 6) is 0.00464. The van der Waals surface area contributed by atoms with Crippen molar-refractivity contribution in [3.63, 3.8) is 0 Å². The van der Waals surface area contributed by atoms with Crippen molar-refractivity contribution in [2.24, 2.45) is 5.92 Å². The molecule has 0 saturated carbocycles. The van der Waals surface area contributed by atoms with E-state index in [1.165, 1.54) is 12.1 Å². The van der Waals surface area contributed by atoms with Crippen LogP contribution in [0.1, 0.15) is 34.9 Å². The maximum atomic E-state index is 12.3. The third-order valence-corrected chi connectivity index (χ3v) is 4.61. The fourth-order valence-electron chi connectivity index (χ4n) is 3.04. The quantitative estimate of drug-likeness (QED) is 0.882. The van der Waals surface area contributed by atoms with Crippen molar-refractivity contribution in [3.8, 4) is 5.75 Å². The average Bonchev–Trinajstić information content (AvgIpc) is 2.63. The standard InChI is InChI=1S/C19H20ClNO3/c20-16-11-14(8-9-17(16)22)19(23)21-12-15-7-4-10-24-18(15)13-5-2-1-3-6-13/h1-3,5-6,8-9,11,15,18,22H,4,7,10,12H2,(H,21,23)/t15-,18+/m0/s1. The molecule has 1 aliphatic heterocycles. The number of carbonyl (C=O) groups excluding carboxylic acids is 1. The molecule has 0 aliphatic carbocycles. The lowest BCUT2D eigenvalue weighted by Gasteiger charge is -2.32.